The zero-order valence-corrected chi connectivity index (χ0v) is 24.0. The van der Waals surface area contributed by atoms with E-state index in [9.17, 15) is 9.59 Å². The first-order valence-corrected chi connectivity index (χ1v) is 14.2. The molecular formula is C31H35ClN4O5. The molecular weight excluding hydrogens is 544 g/mol. The largest absolute Gasteiger partial charge is 0.478 e. The number of methoxy groups -OCH3 is 1. The van der Waals surface area contributed by atoms with Crippen LogP contribution in [0.5, 0.6) is 11.6 Å². The van der Waals surface area contributed by atoms with Crippen molar-refractivity contribution < 1.29 is 24.2 Å². The number of carbonyl (C=O) groups is 2. The number of carbonyl (C=O) groups excluding carboxylic acids is 1. The Kier molecular flexibility index (Phi) is 9.07. The Bertz CT molecular complexity index is 1350. The molecule has 2 saturated heterocycles. The van der Waals surface area contributed by atoms with Gasteiger partial charge in [-0.25, -0.2) is 14.6 Å². The number of urea groups is 1. The molecule has 0 bridgehead atoms. The molecule has 2 aliphatic rings. The minimum absolute atomic E-state index is 0.0113. The monoisotopic (exact) mass is 578 g/mol. The summed E-state index contributed by atoms with van der Waals surface area (Å²) in [7, 11) is 1.66. The molecule has 0 saturated carbocycles. The molecule has 9 nitrogen and oxygen atoms in total. The molecule has 2 unspecified atom stereocenters. The molecule has 1 aromatic heterocycles. The maximum atomic E-state index is 13.7. The fraction of sp³-hybridized carbons (Fsp3) is 0.387. The van der Waals surface area contributed by atoms with Crippen LogP contribution in [0.3, 0.4) is 0 Å². The molecule has 0 radical (unpaired) electrons. The number of benzene rings is 2. The predicted octanol–water partition coefficient (Wildman–Crippen LogP) is 5.70. The van der Waals surface area contributed by atoms with E-state index in [1.54, 1.807) is 25.4 Å². The van der Waals surface area contributed by atoms with Crippen molar-refractivity contribution in [2.45, 2.75) is 44.4 Å². The molecule has 5 rings (SSSR count). The highest BCUT2D eigenvalue weighted by molar-refractivity contribution is 6.30. The quantitative estimate of drug-likeness (QED) is 0.329. The lowest BCUT2D eigenvalue weighted by Crippen LogP contribution is -2.48. The summed E-state index contributed by atoms with van der Waals surface area (Å²) < 4.78 is 11.1. The number of carboxylic acid groups (broad SMARTS) is 1. The molecule has 216 valence electrons. The minimum atomic E-state index is -0.977. The number of halogens is 1. The van der Waals surface area contributed by atoms with Crippen molar-refractivity contribution in [1.29, 1.82) is 0 Å². The van der Waals surface area contributed by atoms with Crippen LogP contribution in [-0.2, 0) is 11.3 Å². The Morgan fingerprint density at radius 3 is 2.51 bits per heavy atom. The van der Waals surface area contributed by atoms with Gasteiger partial charge in [-0.1, -0.05) is 29.8 Å². The number of hydrogen-bond donors (Lipinski definition) is 1. The van der Waals surface area contributed by atoms with E-state index in [1.165, 1.54) is 12.1 Å². The molecule has 3 aromatic rings. The van der Waals surface area contributed by atoms with Crippen LogP contribution in [0.15, 0.2) is 66.9 Å². The summed E-state index contributed by atoms with van der Waals surface area (Å²) in [6.07, 6.45) is 3.58. The van der Waals surface area contributed by atoms with Gasteiger partial charge in [0.15, 0.2) is 0 Å². The second kappa shape index (κ2) is 12.9. The van der Waals surface area contributed by atoms with Crippen molar-refractivity contribution in [2.75, 3.05) is 33.4 Å². The third-order valence-corrected chi connectivity index (χ3v) is 8.06. The van der Waals surface area contributed by atoms with E-state index in [-0.39, 0.29) is 29.7 Å². The Labute approximate surface area is 245 Å². The molecule has 0 spiro atoms. The Morgan fingerprint density at radius 2 is 1.88 bits per heavy atom. The van der Waals surface area contributed by atoms with Crippen molar-refractivity contribution in [2.24, 2.45) is 0 Å². The van der Waals surface area contributed by atoms with Crippen LogP contribution in [0.4, 0.5) is 4.79 Å². The number of amides is 2. The van der Waals surface area contributed by atoms with Gasteiger partial charge in [-0.15, -0.1) is 0 Å². The van der Waals surface area contributed by atoms with Gasteiger partial charge in [-0.2, -0.15) is 0 Å². The first kappa shape index (κ1) is 28.9. The molecule has 41 heavy (non-hydrogen) atoms. The van der Waals surface area contributed by atoms with Crippen LogP contribution < -0.4 is 4.74 Å². The van der Waals surface area contributed by atoms with Crippen LogP contribution in [0.1, 0.15) is 47.3 Å². The van der Waals surface area contributed by atoms with E-state index in [4.69, 9.17) is 26.2 Å². The minimum Gasteiger partial charge on any atom is -0.478 e. The first-order chi connectivity index (χ1) is 19.8. The van der Waals surface area contributed by atoms with Gasteiger partial charge < -0.3 is 24.4 Å². The maximum absolute atomic E-state index is 13.7. The van der Waals surface area contributed by atoms with Crippen molar-refractivity contribution in [3.63, 3.8) is 0 Å². The molecule has 2 aromatic carbocycles. The molecule has 2 fully saturated rings. The van der Waals surface area contributed by atoms with E-state index in [0.29, 0.717) is 29.8 Å². The first-order valence-electron chi connectivity index (χ1n) is 13.8. The lowest BCUT2D eigenvalue weighted by atomic mass is 9.99. The summed E-state index contributed by atoms with van der Waals surface area (Å²) in [6, 6.07) is 18.0. The lowest BCUT2D eigenvalue weighted by Gasteiger charge is -2.39. The zero-order valence-electron chi connectivity index (χ0n) is 23.3. The summed E-state index contributed by atoms with van der Waals surface area (Å²) in [6.45, 7) is 5.65. The van der Waals surface area contributed by atoms with Crippen LogP contribution in [0, 0.1) is 0 Å². The smallest absolute Gasteiger partial charge is 0.335 e. The predicted molar refractivity (Wildman–Crippen MR) is 155 cm³/mol. The van der Waals surface area contributed by atoms with Gasteiger partial charge in [0, 0.05) is 56.6 Å². The van der Waals surface area contributed by atoms with Gasteiger partial charge in [0.2, 0.25) is 5.88 Å². The van der Waals surface area contributed by atoms with Crippen LogP contribution in [0.2, 0.25) is 5.02 Å². The van der Waals surface area contributed by atoms with Gasteiger partial charge >= 0.3 is 12.0 Å². The van der Waals surface area contributed by atoms with Crippen molar-refractivity contribution >= 4 is 23.6 Å². The summed E-state index contributed by atoms with van der Waals surface area (Å²) in [5.41, 5.74) is 2.34. The average molecular weight is 579 g/mol. The molecule has 10 heteroatoms. The van der Waals surface area contributed by atoms with Crippen LogP contribution in [-0.4, -0.2) is 82.2 Å². The summed E-state index contributed by atoms with van der Waals surface area (Å²) in [4.78, 5) is 35.5. The number of nitrogens with zero attached hydrogens (tertiary/aromatic N) is 4. The Morgan fingerprint density at radius 1 is 1.12 bits per heavy atom. The van der Waals surface area contributed by atoms with Gasteiger partial charge in [0.25, 0.3) is 0 Å². The van der Waals surface area contributed by atoms with E-state index in [0.717, 1.165) is 43.6 Å². The van der Waals surface area contributed by atoms with E-state index in [1.807, 2.05) is 42.2 Å². The molecule has 2 amide bonds. The van der Waals surface area contributed by atoms with Gasteiger partial charge in [0.05, 0.1) is 24.3 Å². The number of aromatic carboxylic acids is 1. The molecule has 2 aliphatic heterocycles. The topological polar surface area (TPSA) is 95.4 Å². The number of ether oxygens (including phenoxy) is 2. The SMILES string of the molecule is COCC(C)N1CC(c2cccc(Cl)c2)N(C2CCN(Cc3ccc(Oc4ccc(C(=O)O)cc4)nc3)CC2)C1=O. The van der Waals surface area contributed by atoms with Gasteiger partial charge in [-0.3, -0.25) is 4.90 Å². The number of hydrogen-bond acceptors (Lipinski definition) is 6. The van der Waals surface area contributed by atoms with Crippen LogP contribution >= 0.6 is 11.6 Å². The van der Waals surface area contributed by atoms with E-state index < -0.39 is 5.97 Å². The summed E-state index contributed by atoms with van der Waals surface area (Å²) >= 11 is 6.33. The fourth-order valence-electron chi connectivity index (χ4n) is 5.69. The summed E-state index contributed by atoms with van der Waals surface area (Å²) in [5, 5.41) is 9.72. The van der Waals surface area contributed by atoms with Crippen molar-refractivity contribution in [3.05, 3.63) is 88.6 Å². The van der Waals surface area contributed by atoms with E-state index >= 15 is 0 Å². The zero-order chi connectivity index (χ0) is 28.9. The van der Waals surface area contributed by atoms with Gasteiger partial charge in [0.1, 0.15) is 5.75 Å². The summed E-state index contributed by atoms with van der Waals surface area (Å²) in [5.74, 6) is -0.00269. The standard InChI is InChI=1S/C31H35ClN4O5/c1-21(20-40-2)35-19-28(24-4-3-5-25(32)16-24)36(31(35)39)26-12-14-34(15-13-26)18-22-6-11-29(33-17-22)41-27-9-7-23(8-10-27)30(37)38/h3-11,16-17,21,26,28H,12-15,18-20H2,1-2H3,(H,37,38). The molecule has 2 atom stereocenters. The van der Waals surface area contributed by atoms with Crippen LogP contribution in [0.25, 0.3) is 0 Å². The number of piperidine rings is 1. The average Bonchev–Trinajstić information content (AvgIpc) is 3.32. The number of likely N-dealkylation sites (tertiary alicyclic amines) is 1. The Balaban J connectivity index is 1.19. The van der Waals surface area contributed by atoms with Crippen molar-refractivity contribution in [3.8, 4) is 11.6 Å². The second-order valence-corrected chi connectivity index (χ2v) is 11.1. The number of aromatic nitrogens is 1. The third-order valence-electron chi connectivity index (χ3n) is 7.82. The number of rotatable bonds is 10. The molecule has 0 aliphatic carbocycles. The highest BCUT2D eigenvalue weighted by atomic mass is 35.5. The second-order valence-electron chi connectivity index (χ2n) is 10.7. The van der Waals surface area contributed by atoms with E-state index in [2.05, 4.69) is 20.9 Å². The molecule has 1 N–H and O–H groups in total. The fourth-order valence-corrected chi connectivity index (χ4v) is 5.89. The van der Waals surface area contributed by atoms with Gasteiger partial charge in [-0.05, 0) is 67.3 Å². The molecule has 3 heterocycles. The number of pyridine rings is 1. The lowest BCUT2D eigenvalue weighted by molar-refractivity contribution is 0.0696. The normalized spacial score (nSPS) is 19.0. The van der Waals surface area contributed by atoms with Crippen molar-refractivity contribution in [1.82, 2.24) is 19.7 Å². The third kappa shape index (κ3) is 6.81. The Hall–Kier alpha value is -3.66. The number of carboxylic acids is 1. The maximum Gasteiger partial charge on any atom is 0.335 e. The highest BCUT2D eigenvalue weighted by Gasteiger charge is 2.44. The highest BCUT2D eigenvalue weighted by Crippen LogP contribution is 2.36.